The van der Waals surface area contributed by atoms with Crippen molar-refractivity contribution in [2.45, 2.75) is 26.5 Å². The lowest BCUT2D eigenvalue weighted by Gasteiger charge is -2.10. The van der Waals surface area contributed by atoms with Crippen molar-refractivity contribution in [2.24, 2.45) is 0 Å². The highest BCUT2D eigenvalue weighted by molar-refractivity contribution is 6.33. The van der Waals surface area contributed by atoms with Crippen LogP contribution in [0.4, 0.5) is 0 Å². The van der Waals surface area contributed by atoms with Crippen molar-refractivity contribution < 1.29 is 15.0 Å². The van der Waals surface area contributed by atoms with E-state index in [2.05, 4.69) is 4.98 Å². The van der Waals surface area contributed by atoms with Gasteiger partial charge in [0.1, 0.15) is 5.82 Å². The van der Waals surface area contributed by atoms with E-state index in [0.29, 0.717) is 11.6 Å². The molecule has 1 heterocycles. The van der Waals surface area contributed by atoms with Gasteiger partial charge in [0.05, 0.1) is 11.1 Å². The first-order valence-electron chi connectivity index (χ1n) is 6.05. The van der Waals surface area contributed by atoms with Crippen LogP contribution >= 0.6 is 11.6 Å². The summed E-state index contributed by atoms with van der Waals surface area (Å²) in [7, 11) is 0. The summed E-state index contributed by atoms with van der Waals surface area (Å²) in [6.07, 6.45) is 3.14. The van der Waals surface area contributed by atoms with Crippen molar-refractivity contribution in [2.75, 3.05) is 0 Å². The fourth-order valence-corrected chi connectivity index (χ4v) is 1.85. The summed E-state index contributed by atoms with van der Waals surface area (Å²) in [4.78, 5) is 13.3. The lowest BCUT2D eigenvalue weighted by molar-refractivity contribution is -0.134. The van der Waals surface area contributed by atoms with Crippen LogP contribution in [0.3, 0.4) is 0 Å². The molecule has 2 rings (SSSR count). The summed E-state index contributed by atoms with van der Waals surface area (Å²) in [5, 5.41) is 17.5. The first kappa shape index (κ1) is 16.2. The molecule has 1 aromatic carbocycles. The minimum Gasteiger partial charge on any atom is -0.481 e. The van der Waals surface area contributed by atoms with Crippen LogP contribution in [-0.4, -0.2) is 31.8 Å². The van der Waals surface area contributed by atoms with Gasteiger partial charge < -0.3 is 14.8 Å². The molecule has 1 unspecified atom stereocenters. The zero-order valence-electron chi connectivity index (χ0n) is 11.3. The maximum atomic E-state index is 9.38. The Morgan fingerprint density at radius 2 is 2.05 bits per heavy atom. The highest BCUT2D eigenvalue weighted by Crippen LogP contribution is 2.26. The molecule has 0 saturated heterocycles. The second-order valence-electron chi connectivity index (χ2n) is 4.25. The van der Waals surface area contributed by atoms with Crippen LogP contribution in [-0.2, 0) is 11.3 Å². The molecule has 0 aliphatic heterocycles. The Labute approximate surface area is 122 Å². The first-order valence-corrected chi connectivity index (χ1v) is 6.43. The Morgan fingerprint density at radius 3 is 2.60 bits per heavy atom. The van der Waals surface area contributed by atoms with Crippen molar-refractivity contribution in [3.63, 3.8) is 0 Å². The topological polar surface area (TPSA) is 75.3 Å². The van der Waals surface area contributed by atoms with Gasteiger partial charge in [0.2, 0.25) is 0 Å². The van der Waals surface area contributed by atoms with Crippen molar-refractivity contribution in [1.82, 2.24) is 9.55 Å². The van der Waals surface area contributed by atoms with Crippen molar-refractivity contribution in [3.8, 4) is 11.4 Å². The molecule has 6 heteroatoms. The molecule has 0 fully saturated rings. The molecule has 2 N–H and O–H groups in total. The van der Waals surface area contributed by atoms with Crippen molar-refractivity contribution in [1.29, 1.82) is 0 Å². The highest BCUT2D eigenvalue weighted by atomic mass is 35.5. The van der Waals surface area contributed by atoms with E-state index in [1.165, 1.54) is 0 Å². The van der Waals surface area contributed by atoms with E-state index in [9.17, 15) is 5.11 Å². The Bertz CT molecular complexity index is 563. The van der Waals surface area contributed by atoms with E-state index in [4.69, 9.17) is 21.5 Å². The number of hydrogen-bond donors (Lipinski definition) is 2. The van der Waals surface area contributed by atoms with Gasteiger partial charge in [-0.05, 0) is 19.1 Å². The SMILES string of the molecule is CC(=O)O.CC(O)Cn1ccnc1-c1ccccc1Cl. The van der Waals surface area contributed by atoms with Crippen LogP contribution in [0.1, 0.15) is 13.8 Å². The molecule has 0 aliphatic rings. The summed E-state index contributed by atoms with van der Waals surface area (Å²) in [5.41, 5.74) is 0.884. The number of hydrogen-bond acceptors (Lipinski definition) is 3. The predicted molar refractivity (Wildman–Crippen MR) is 77.7 cm³/mol. The lowest BCUT2D eigenvalue weighted by atomic mass is 10.2. The Kier molecular flexibility index (Phi) is 6.21. The quantitative estimate of drug-likeness (QED) is 0.913. The number of rotatable bonds is 3. The summed E-state index contributed by atoms with van der Waals surface area (Å²) in [6.45, 7) is 3.34. The molecular weight excluding hydrogens is 280 g/mol. The van der Waals surface area contributed by atoms with E-state index in [1.54, 1.807) is 13.1 Å². The van der Waals surface area contributed by atoms with Crippen LogP contribution in [0.5, 0.6) is 0 Å². The Hall–Kier alpha value is -1.85. The number of halogens is 1. The van der Waals surface area contributed by atoms with Gasteiger partial charge in [-0.25, -0.2) is 4.98 Å². The van der Waals surface area contributed by atoms with E-state index in [1.807, 2.05) is 35.0 Å². The average molecular weight is 297 g/mol. The molecule has 0 saturated carbocycles. The fourth-order valence-electron chi connectivity index (χ4n) is 1.63. The van der Waals surface area contributed by atoms with E-state index < -0.39 is 12.1 Å². The molecule has 108 valence electrons. The molecule has 0 amide bonds. The summed E-state index contributed by atoms with van der Waals surface area (Å²) in [5.74, 6) is -0.0495. The molecule has 1 atom stereocenters. The second kappa shape index (κ2) is 7.67. The number of aliphatic hydroxyl groups excluding tert-OH is 1. The number of benzene rings is 1. The van der Waals surface area contributed by atoms with Crippen LogP contribution in [0.15, 0.2) is 36.7 Å². The summed E-state index contributed by atoms with van der Waals surface area (Å²) < 4.78 is 1.89. The first-order chi connectivity index (χ1) is 9.41. The third kappa shape index (κ3) is 5.03. The molecule has 1 aromatic heterocycles. The molecule has 0 radical (unpaired) electrons. The van der Waals surface area contributed by atoms with Crippen molar-refractivity contribution in [3.05, 3.63) is 41.7 Å². The van der Waals surface area contributed by atoms with Gasteiger partial charge >= 0.3 is 0 Å². The van der Waals surface area contributed by atoms with Gasteiger partial charge in [-0.3, -0.25) is 4.79 Å². The van der Waals surface area contributed by atoms with Gasteiger partial charge in [0.25, 0.3) is 5.97 Å². The number of carboxylic acid groups (broad SMARTS) is 1. The molecule has 20 heavy (non-hydrogen) atoms. The van der Waals surface area contributed by atoms with Gasteiger partial charge in [-0.15, -0.1) is 0 Å². The third-order valence-corrected chi connectivity index (χ3v) is 2.62. The molecule has 2 aromatic rings. The van der Waals surface area contributed by atoms with E-state index >= 15 is 0 Å². The monoisotopic (exact) mass is 296 g/mol. The lowest BCUT2D eigenvalue weighted by Crippen LogP contribution is -2.12. The minimum absolute atomic E-state index is 0.407. The zero-order chi connectivity index (χ0) is 15.1. The molecule has 0 bridgehead atoms. The summed E-state index contributed by atoms with van der Waals surface area (Å²) in [6, 6.07) is 7.55. The number of nitrogens with zero attached hydrogens (tertiary/aromatic N) is 2. The largest absolute Gasteiger partial charge is 0.481 e. The average Bonchev–Trinajstić information content (AvgIpc) is 2.76. The van der Waals surface area contributed by atoms with Gasteiger partial charge in [-0.2, -0.15) is 0 Å². The normalized spacial score (nSPS) is 11.4. The summed E-state index contributed by atoms with van der Waals surface area (Å²) >= 11 is 6.11. The number of carboxylic acids is 1. The second-order valence-corrected chi connectivity index (χ2v) is 4.66. The fraction of sp³-hybridized carbons (Fsp3) is 0.286. The Balaban J connectivity index is 0.000000444. The highest BCUT2D eigenvalue weighted by Gasteiger charge is 2.10. The van der Waals surface area contributed by atoms with Crippen LogP contribution in [0.25, 0.3) is 11.4 Å². The maximum Gasteiger partial charge on any atom is 0.300 e. The van der Waals surface area contributed by atoms with E-state index in [0.717, 1.165) is 18.3 Å². The number of aliphatic carboxylic acids is 1. The van der Waals surface area contributed by atoms with Gasteiger partial charge in [0, 0.05) is 31.4 Å². The van der Waals surface area contributed by atoms with E-state index in [-0.39, 0.29) is 0 Å². The van der Waals surface area contributed by atoms with Crippen molar-refractivity contribution >= 4 is 17.6 Å². The molecule has 5 nitrogen and oxygen atoms in total. The maximum absolute atomic E-state index is 9.38. The van der Waals surface area contributed by atoms with Crippen LogP contribution in [0, 0.1) is 0 Å². The zero-order valence-corrected chi connectivity index (χ0v) is 12.1. The van der Waals surface area contributed by atoms with Gasteiger partial charge in [0.15, 0.2) is 0 Å². The molecule has 0 spiro atoms. The van der Waals surface area contributed by atoms with Crippen LogP contribution < -0.4 is 0 Å². The molecule has 0 aliphatic carbocycles. The van der Waals surface area contributed by atoms with Crippen LogP contribution in [0.2, 0.25) is 5.02 Å². The minimum atomic E-state index is -0.833. The predicted octanol–water partition coefficient (Wildman–Crippen LogP) is 2.68. The smallest absolute Gasteiger partial charge is 0.300 e. The third-order valence-electron chi connectivity index (χ3n) is 2.29. The number of aliphatic hydroxyl groups is 1. The Morgan fingerprint density at radius 1 is 1.45 bits per heavy atom. The number of imidazole rings is 1. The number of aromatic nitrogens is 2. The molecular formula is C14H17ClN2O3. The number of carbonyl (C=O) groups is 1. The standard InChI is InChI=1S/C12H13ClN2O.C2H4O2/c1-9(16)8-15-7-6-14-12(15)10-4-2-3-5-11(10)13;1-2(3)4/h2-7,9,16H,8H2,1H3;1H3,(H,3,4). The van der Waals surface area contributed by atoms with Gasteiger partial charge in [-0.1, -0.05) is 23.7 Å².